The summed E-state index contributed by atoms with van der Waals surface area (Å²) in [5, 5.41) is 0. The molecule has 3 rings (SSSR count). The molecule has 1 atom stereocenters. The fourth-order valence-corrected chi connectivity index (χ4v) is 2.39. The van der Waals surface area contributed by atoms with Crippen molar-refractivity contribution in [2.75, 3.05) is 0 Å². The molecule has 2 N–H and O–H groups in total. The Labute approximate surface area is 135 Å². The smallest absolute Gasteiger partial charge is 0.416 e. The molecule has 126 valence electrons. The van der Waals surface area contributed by atoms with Gasteiger partial charge < -0.3 is 15.1 Å². The highest BCUT2D eigenvalue weighted by Gasteiger charge is 2.31. The summed E-state index contributed by atoms with van der Waals surface area (Å²) < 4.78 is 43.7. The number of nitrogens with zero attached hydrogens (tertiary/aromatic N) is 4. The van der Waals surface area contributed by atoms with E-state index in [0.29, 0.717) is 11.6 Å². The van der Waals surface area contributed by atoms with Crippen molar-refractivity contribution < 1.29 is 17.6 Å². The van der Waals surface area contributed by atoms with Gasteiger partial charge in [-0.15, -0.1) is 0 Å². The molecule has 24 heavy (non-hydrogen) atoms. The monoisotopic (exact) mass is 337 g/mol. The van der Waals surface area contributed by atoms with E-state index in [1.807, 2.05) is 6.92 Å². The summed E-state index contributed by atoms with van der Waals surface area (Å²) in [6, 6.07) is 1.67. The van der Waals surface area contributed by atoms with Gasteiger partial charge in [-0.1, -0.05) is 0 Å². The first-order valence-electron chi connectivity index (χ1n) is 7.08. The van der Waals surface area contributed by atoms with Crippen LogP contribution in [0.4, 0.5) is 13.2 Å². The lowest BCUT2D eigenvalue weighted by molar-refractivity contribution is -0.137. The molecule has 3 heterocycles. The maximum atomic E-state index is 12.8. The topological polar surface area (TPSA) is 80.5 Å². The molecule has 0 fully saturated rings. The third kappa shape index (κ3) is 3.24. The van der Waals surface area contributed by atoms with Crippen molar-refractivity contribution in [2.24, 2.45) is 10.7 Å². The third-order valence-electron chi connectivity index (χ3n) is 3.58. The number of alkyl halides is 3. The van der Waals surface area contributed by atoms with E-state index in [-0.39, 0.29) is 24.1 Å². The first-order valence-corrected chi connectivity index (χ1v) is 7.08. The highest BCUT2D eigenvalue weighted by atomic mass is 19.4. The number of pyridine rings is 1. The predicted octanol–water partition coefficient (Wildman–Crippen LogP) is 2.54. The fraction of sp³-hybridized carbons (Fsp3) is 0.267. The number of oxazole rings is 1. The minimum atomic E-state index is -4.41. The summed E-state index contributed by atoms with van der Waals surface area (Å²) in [6.07, 6.45) is 1.20. The lowest BCUT2D eigenvalue weighted by Crippen LogP contribution is -2.39. The van der Waals surface area contributed by atoms with Crippen LogP contribution in [0.2, 0.25) is 0 Å². The van der Waals surface area contributed by atoms with E-state index in [1.165, 1.54) is 12.5 Å². The SMILES string of the molecule is CC1C(c2ncco2)=NC(N)=CN1Cc1cc(C(F)(F)F)ccn1. The average Bonchev–Trinajstić information content (AvgIpc) is 3.04. The Morgan fingerprint density at radius 3 is 2.75 bits per heavy atom. The van der Waals surface area contributed by atoms with Crippen molar-refractivity contribution in [3.05, 3.63) is 60.0 Å². The number of nitrogens with two attached hydrogens (primary N) is 1. The molecule has 6 nitrogen and oxygen atoms in total. The van der Waals surface area contributed by atoms with Gasteiger partial charge >= 0.3 is 6.18 Å². The first-order chi connectivity index (χ1) is 11.3. The number of aliphatic imine (C=N–C) groups is 1. The lowest BCUT2D eigenvalue weighted by atomic mass is 10.1. The van der Waals surface area contributed by atoms with Gasteiger partial charge in [-0.2, -0.15) is 13.2 Å². The number of halogens is 3. The van der Waals surface area contributed by atoms with Gasteiger partial charge in [0.05, 0.1) is 30.0 Å². The highest BCUT2D eigenvalue weighted by Crippen LogP contribution is 2.29. The van der Waals surface area contributed by atoms with E-state index in [2.05, 4.69) is 15.0 Å². The van der Waals surface area contributed by atoms with Crippen LogP contribution >= 0.6 is 0 Å². The van der Waals surface area contributed by atoms with Crippen molar-refractivity contribution in [3.8, 4) is 0 Å². The quantitative estimate of drug-likeness (QED) is 0.931. The molecule has 1 unspecified atom stereocenters. The molecule has 9 heteroatoms. The fourth-order valence-electron chi connectivity index (χ4n) is 2.39. The summed E-state index contributed by atoms with van der Waals surface area (Å²) in [5.74, 6) is 0.536. The van der Waals surface area contributed by atoms with Crippen molar-refractivity contribution in [2.45, 2.75) is 25.7 Å². The van der Waals surface area contributed by atoms with E-state index in [4.69, 9.17) is 10.2 Å². The van der Waals surface area contributed by atoms with E-state index in [0.717, 1.165) is 18.3 Å². The molecule has 2 aromatic rings. The zero-order chi connectivity index (χ0) is 17.3. The van der Waals surface area contributed by atoms with Crippen molar-refractivity contribution in [1.82, 2.24) is 14.9 Å². The molecular weight excluding hydrogens is 323 g/mol. The standard InChI is InChI=1S/C15H14F3N5O/c1-9-13(14-21-4-5-24-14)22-12(19)8-23(9)7-11-6-10(2-3-20-11)15(16,17)18/h2-6,8-9H,7,19H2,1H3. The van der Waals surface area contributed by atoms with Gasteiger partial charge in [0.15, 0.2) is 0 Å². The van der Waals surface area contributed by atoms with E-state index in [9.17, 15) is 13.2 Å². The van der Waals surface area contributed by atoms with Gasteiger partial charge in [0, 0.05) is 12.4 Å². The number of aromatic nitrogens is 2. The Kier molecular flexibility index (Phi) is 4.00. The van der Waals surface area contributed by atoms with Crippen LogP contribution in [-0.2, 0) is 12.7 Å². The predicted molar refractivity (Wildman–Crippen MR) is 79.6 cm³/mol. The Hall–Kier alpha value is -2.84. The van der Waals surface area contributed by atoms with Crippen LogP contribution in [0.5, 0.6) is 0 Å². The molecule has 1 aliphatic rings. The Bertz CT molecular complexity index is 783. The zero-order valence-electron chi connectivity index (χ0n) is 12.7. The van der Waals surface area contributed by atoms with E-state index < -0.39 is 11.7 Å². The summed E-state index contributed by atoms with van der Waals surface area (Å²) in [7, 11) is 0. The molecule has 0 saturated heterocycles. The maximum absolute atomic E-state index is 12.8. The van der Waals surface area contributed by atoms with Crippen LogP contribution in [0.1, 0.15) is 24.1 Å². The van der Waals surface area contributed by atoms with Gasteiger partial charge in [0.25, 0.3) is 0 Å². The molecule has 0 saturated carbocycles. The first kappa shape index (κ1) is 16.0. The molecule has 0 aliphatic carbocycles. The lowest BCUT2D eigenvalue weighted by Gasteiger charge is -2.30. The molecule has 0 aromatic carbocycles. The van der Waals surface area contributed by atoms with Crippen LogP contribution in [0.25, 0.3) is 0 Å². The minimum absolute atomic E-state index is 0.144. The van der Waals surface area contributed by atoms with Crippen LogP contribution in [0, 0.1) is 0 Å². The molecule has 0 spiro atoms. The van der Waals surface area contributed by atoms with Crippen LogP contribution in [-0.4, -0.2) is 26.6 Å². The molecule has 0 amide bonds. The van der Waals surface area contributed by atoms with Gasteiger partial charge in [-0.05, 0) is 19.1 Å². The van der Waals surface area contributed by atoms with Crippen LogP contribution in [0.15, 0.2) is 52.2 Å². The highest BCUT2D eigenvalue weighted by molar-refractivity contribution is 6.01. The van der Waals surface area contributed by atoms with Crippen LogP contribution in [0.3, 0.4) is 0 Å². The summed E-state index contributed by atoms with van der Waals surface area (Å²) >= 11 is 0. The average molecular weight is 337 g/mol. The van der Waals surface area contributed by atoms with Crippen molar-refractivity contribution in [3.63, 3.8) is 0 Å². The third-order valence-corrected chi connectivity index (χ3v) is 3.58. The summed E-state index contributed by atoms with van der Waals surface area (Å²) in [6.45, 7) is 1.98. The van der Waals surface area contributed by atoms with Gasteiger partial charge in [0.1, 0.15) is 17.8 Å². The van der Waals surface area contributed by atoms with Gasteiger partial charge in [0.2, 0.25) is 5.89 Å². The molecule has 2 aromatic heterocycles. The van der Waals surface area contributed by atoms with Crippen molar-refractivity contribution in [1.29, 1.82) is 0 Å². The summed E-state index contributed by atoms with van der Waals surface area (Å²) in [5.41, 5.74) is 5.84. The molecule has 1 aliphatic heterocycles. The zero-order valence-corrected chi connectivity index (χ0v) is 12.7. The maximum Gasteiger partial charge on any atom is 0.416 e. The molecule has 0 bridgehead atoms. The molecule has 0 radical (unpaired) electrons. The largest absolute Gasteiger partial charge is 0.444 e. The van der Waals surface area contributed by atoms with Gasteiger partial charge in [-0.3, -0.25) is 4.98 Å². The number of hydrogen-bond acceptors (Lipinski definition) is 6. The number of rotatable bonds is 3. The van der Waals surface area contributed by atoms with Gasteiger partial charge in [-0.25, -0.2) is 9.98 Å². The second-order valence-electron chi connectivity index (χ2n) is 5.27. The Morgan fingerprint density at radius 1 is 1.29 bits per heavy atom. The normalized spacial score (nSPS) is 18.3. The summed E-state index contributed by atoms with van der Waals surface area (Å²) in [4.78, 5) is 14.0. The van der Waals surface area contributed by atoms with E-state index in [1.54, 1.807) is 11.1 Å². The van der Waals surface area contributed by atoms with Crippen LogP contribution < -0.4 is 5.73 Å². The number of hydrogen-bond donors (Lipinski definition) is 1. The second-order valence-corrected chi connectivity index (χ2v) is 5.27. The second kappa shape index (κ2) is 5.99. The molecular formula is C15H14F3N5O. The van der Waals surface area contributed by atoms with Crippen molar-refractivity contribution >= 4 is 5.71 Å². The Balaban J connectivity index is 1.85. The minimum Gasteiger partial charge on any atom is -0.444 e. The Morgan fingerprint density at radius 2 is 2.08 bits per heavy atom. The van der Waals surface area contributed by atoms with E-state index >= 15 is 0 Å².